The average molecular weight is 324 g/mol. The number of carbonyl (C=O) groups is 1. The number of amides is 1. The smallest absolute Gasteiger partial charge is 0.256 e. The molecule has 1 saturated heterocycles. The molecule has 4 rings (SSSR count). The maximum absolute atomic E-state index is 13.9. The summed E-state index contributed by atoms with van der Waals surface area (Å²) in [5.74, 6) is -0.759. The molecule has 2 aliphatic rings. The molecule has 24 heavy (non-hydrogen) atoms. The van der Waals surface area contributed by atoms with E-state index in [4.69, 9.17) is 4.84 Å². The molecule has 1 fully saturated rings. The predicted molar refractivity (Wildman–Crippen MR) is 88.4 cm³/mol. The van der Waals surface area contributed by atoms with Crippen LogP contribution < -0.4 is 0 Å². The molecular formula is C19H17FN2O2. The summed E-state index contributed by atoms with van der Waals surface area (Å²) in [6.07, 6.45) is -0.157. The number of likely N-dealkylation sites (tertiary alicyclic amines) is 1. The van der Waals surface area contributed by atoms with E-state index >= 15 is 0 Å². The number of rotatable bonds is 2. The van der Waals surface area contributed by atoms with Crippen molar-refractivity contribution in [2.24, 2.45) is 11.1 Å². The van der Waals surface area contributed by atoms with E-state index in [2.05, 4.69) is 5.16 Å². The maximum atomic E-state index is 13.9. The summed E-state index contributed by atoms with van der Waals surface area (Å²) in [5.41, 5.74) is 3.15. The van der Waals surface area contributed by atoms with Gasteiger partial charge in [0.1, 0.15) is 5.82 Å². The standard InChI is InChI=1S/C19H17FN2O2/c1-12-6-2-3-7-13(12)18-15-10-22(11-17(15)24-21-18)19(23)14-8-4-5-9-16(14)20/h2-9,15,17H,10-11H2,1H3. The van der Waals surface area contributed by atoms with Crippen LogP contribution >= 0.6 is 0 Å². The molecule has 122 valence electrons. The maximum Gasteiger partial charge on any atom is 0.256 e. The van der Waals surface area contributed by atoms with Crippen LogP contribution in [0.2, 0.25) is 0 Å². The third-order valence-corrected chi connectivity index (χ3v) is 4.72. The predicted octanol–water partition coefficient (Wildman–Crippen LogP) is 3.01. The number of benzene rings is 2. The lowest BCUT2D eigenvalue weighted by Gasteiger charge is -2.17. The Morgan fingerprint density at radius 3 is 2.71 bits per heavy atom. The van der Waals surface area contributed by atoms with Gasteiger partial charge in [-0.05, 0) is 24.6 Å². The van der Waals surface area contributed by atoms with Crippen molar-refractivity contribution in [1.82, 2.24) is 4.90 Å². The highest BCUT2D eigenvalue weighted by molar-refractivity contribution is 6.05. The number of carbonyl (C=O) groups excluding carboxylic acids is 1. The van der Waals surface area contributed by atoms with Gasteiger partial charge in [-0.1, -0.05) is 41.6 Å². The largest absolute Gasteiger partial charge is 0.390 e. The molecule has 2 aromatic rings. The van der Waals surface area contributed by atoms with Crippen molar-refractivity contribution in [2.75, 3.05) is 13.1 Å². The number of aryl methyl sites for hydroxylation is 1. The van der Waals surface area contributed by atoms with Crippen LogP contribution in [0.1, 0.15) is 21.5 Å². The first-order valence-electron chi connectivity index (χ1n) is 7.98. The molecule has 1 amide bonds. The van der Waals surface area contributed by atoms with Crippen LogP contribution in [0.25, 0.3) is 0 Å². The zero-order valence-electron chi connectivity index (χ0n) is 13.3. The summed E-state index contributed by atoms with van der Waals surface area (Å²) in [4.78, 5) is 19.8. The minimum absolute atomic E-state index is 0.0295. The van der Waals surface area contributed by atoms with E-state index in [9.17, 15) is 9.18 Å². The van der Waals surface area contributed by atoms with Gasteiger partial charge in [-0.25, -0.2) is 4.39 Å². The number of nitrogens with zero attached hydrogens (tertiary/aromatic N) is 2. The van der Waals surface area contributed by atoms with Crippen molar-refractivity contribution >= 4 is 11.6 Å². The van der Waals surface area contributed by atoms with Crippen LogP contribution in [-0.4, -0.2) is 35.7 Å². The first-order chi connectivity index (χ1) is 11.6. The fraction of sp³-hybridized carbons (Fsp3) is 0.263. The molecule has 0 aliphatic carbocycles. The van der Waals surface area contributed by atoms with Crippen molar-refractivity contribution in [3.63, 3.8) is 0 Å². The van der Waals surface area contributed by atoms with Crippen molar-refractivity contribution in [3.05, 3.63) is 71.0 Å². The molecule has 2 atom stereocenters. The fourth-order valence-corrected chi connectivity index (χ4v) is 3.42. The van der Waals surface area contributed by atoms with Gasteiger partial charge in [-0.3, -0.25) is 4.79 Å². The average Bonchev–Trinajstić information content (AvgIpc) is 3.16. The second-order valence-corrected chi connectivity index (χ2v) is 6.23. The van der Waals surface area contributed by atoms with Gasteiger partial charge in [0.2, 0.25) is 0 Å². The van der Waals surface area contributed by atoms with Gasteiger partial charge < -0.3 is 9.74 Å². The van der Waals surface area contributed by atoms with Crippen molar-refractivity contribution < 1.29 is 14.0 Å². The minimum Gasteiger partial charge on any atom is -0.390 e. The van der Waals surface area contributed by atoms with Crippen molar-refractivity contribution in [3.8, 4) is 0 Å². The number of fused-ring (bicyclic) bond motifs is 1. The number of hydrogen-bond donors (Lipinski definition) is 0. The summed E-state index contributed by atoms with van der Waals surface area (Å²) in [6.45, 7) is 2.95. The first-order valence-corrected chi connectivity index (χ1v) is 7.98. The highest BCUT2D eigenvalue weighted by atomic mass is 19.1. The Balaban J connectivity index is 1.57. The molecule has 2 unspecified atom stereocenters. The zero-order valence-corrected chi connectivity index (χ0v) is 13.3. The minimum atomic E-state index is -0.492. The van der Waals surface area contributed by atoms with Gasteiger partial charge in [-0.15, -0.1) is 0 Å². The molecule has 5 heteroatoms. The van der Waals surface area contributed by atoms with Crippen LogP contribution in [0.4, 0.5) is 4.39 Å². The summed E-state index contributed by atoms with van der Waals surface area (Å²) in [5, 5.41) is 4.24. The summed E-state index contributed by atoms with van der Waals surface area (Å²) < 4.78 is 13.9. The monoisotopic (exact) mass is 324 g/mol. The van der Waals surface area contributed by atoms with Crippen molar-refractivity contribution in [2.45, 2.75) is 13.0 Å². The van der Waals surface area contributed by atoms with Crippen molar-refractivity contribution in [1.29, 1.82) is 0 Å². The number of hydrogen-bond acceptors (Lipinski definition) is 3. The van der Waals surface area contributed by atoms with Crippen LogP contribution in [0, 0.1) is 18.7 Å². The van der Waals surface area contributed by atoms with Crippen LogP contribution in [-0.2, 0) is 4.84 Å². The Bertz CT molecular complexity index is 834. The molecule has 4 nitrogen and oxygen atoms in total. The topological polar surface area (TPSA) is 41.9 Å². The Morgan fingerprint density at radius 1 is 1.17 bits per heavy atom. The molecule has 2 aliphatic heterocycles. The van der Waals surface area contributed by atoms with Gasteiger partial charge in [0.05, 0.1) is 23.7 Å². The Hall–Kier alpha value is -2.69. The molecular weight excluding hydrogens is 307 g/mol. The van der Waals surface area contributed by atoms with Crippen LogP contribution in [0.3, 0.4) is 0 Å². The van der Waals surface area contributed by atoms with E-state index in [0.717, 1.165) is 16.8 Å². The van der Waals surface area contributed by atoms with E-state index < -0.39 is 5.82 Å². The lowest BCUT2D eigenvalue weighted by atomic mass is 9.92. The fourth-order valence-electron chi connectivity index (χ4n) is 3.42. The molecule has 0 bridgehead atoms. The molecule has 0 N–H and O–H groups in total. The second-order valence-electron chi connectivity index (χ2n) is 6.23. The van der Waals surface area contributed by atoms with Gasteiger partial charge in [-0.2, -0.15) is 0 Å². The molecule has 0 aromatic heterocycles. The molecule has 0 saturated carbocycles. The number of oxime groups is 1. The van der Waals surface area contributed by atoms with E-state index in [0.29, 0.717) is 13.1 Å². The van der Waals surface area contributed by atoms with Crippen LogP contribution in [0.15, 0.2) is 53.7 Å². The van der Waals surface area contributed by atoms with Gasteiger partial charge in [0.25, 0.3) is 5.91 Å². The quantitative estimate of drug-likeness (QED) is 0.852. The van der Waals surface area contributed by atoms with E-state index in [1.54, 1.807) is 17.0 Å². The lowest BCUT2D eigenvalue weighted by Crippen LogP contribution is -2.31. The Morgan fingerprint density at radius 2 is 1.92 bits per heavy atom. The molecule has 0 radical (unpaired) electrons. The van der Waals surface area contributed by atoms with Gasteiger partial charge >= 0.3 is 0 Å². The lowest BCUT2D eigenvalue weighted by molar-refractivity contribution is 0.0629. The Kier molecular flexibility index (Phi) is 3.56. The summed E-state index contributed by atoms with van der Waals surface area (Å²) in [6, 6.07) is 14.1. The highest BCUT2D eigenvalue weighted by Gasteiger charge is 2.44. The second kappa shape index (κ2) is 5.74. The van der Waals surface area contributed by atoms with E-state index in [1.165, 1.54) is 12.1 Å². The molecule has 2 heterocycles. The SMILES string of the molecule is Cc1ccccc1C1=NOC2CN(C(=O)c3ccccc3F)CC12. The highest BCUT2D eigenvalue weighted by Crippen LogP contribution is 2.32. The van der Waals surface area contributed by atoms with Gasteiger partial charge in [0, 0.05) is 12.1 Å². The summed E-state index contributed by atoms with van der Waals surface area (Å²) >= 11 is 0. The number of halogens is 1. The Labute approximate surface area is 139 Å². The summed E-state index contributed by atoms with van der Waals surface area (Å²) in [7, 11) is 0. The first kappa shape index (κ1) is 14.9. The third kappa shape index (κ3) is 2.37. The van der Waals surface area contributed by atoms with Crippen LogP contribution in [0.5, 0.6) is 0 Å². The van der Waals surface area contributed by atoms with E-state index in [-0.39, 0.29) is 23.5 Å². The van der Waals surface area contributed by atoms with E-state index in [1.807, 2.05) is 31.2 Å². The molecule has 0 spiro atoms. The zero-order chi connectivity index (χ0) is 16.7. The normalized spacial score (nSPS) is 22.1. The third-order valence-electron chi connectivity index (χ3n) is 4.72. The van der Waals surface area contributed by atoms with Gasteiger partial charge in [0.15, 0.2) is 6.10 Å². The molecule has 2 aromatic carbocycles.